The van der Waals surface area contributed by atoms with Crippen molar-refractivity contribution in [1.82, 2.24) is 4.90 Å². The van der Waals surface area contributed by atoms with Crippen LogP contribution in [0.15, 0.2) is 27.7 Å². The summed E-state index contributed by atoms with van der Waals surface area (Å²) < 4.78 is 13.9. The fraction of sp³-hybridized carbons (Fsp3) is 0.500. The number of hydrogen-bond acceptors (Lipinski definition) is 3. The summed E-state index contributed by atoms with van der Waals surface area (Å²) in [6.07, 6.45) is 2.54. The first-order valence-electron chi connectivity index (χ1n) is 6.54. The molecule has 0 amide bonds. The molecule has 0 spiro atoms. The van der Waals surface area contributed by atoms with E-state index < -0.39 is 0 Å². The molecule has 1 unspecified atom stereocenters. The van der Waals surface area contributed by atoms with E-state index in [0.29, 0.717) is 17.0 Å². The van der Waals surface area contributed by atoms with Gasteiger partial charge in [0.2, 0.25) is 0 Å². The summed E-state index contributed by atoms with van der Waals surface area (Å²) in [6.45, 7) is 3.70. The Morgan fingerprint density at radius 1 is 1.53 bits per heavy atom. The van der Waals surface area contributed by atoms with Gasteiger partial charge in [-0.25, -0.2) is 4.39 Å². The second-order valence-corrected chi connectivity index (χ2v) is 6.49. The predicted octanol–water partition coefficient (Wildman–Crippen LogP) is 2.84. The van der Waals surface area contributed by atoms with Gasteiger partial charge in [0, 0.05) is 6.54 Å². The van der Waals surface area contributed by atoms with E-state index in [9.17, 15) is 4.39 Å². The molecule has 0 bridgehead atoms. The maximum absolute atomic E-state index is 13.4. The summed E-state index contributed by atoms with van der Waals surface area (Å²) in [4.78, 5) is 6.56. The van der Waals surface area contributed by atoms with Gasteiger partial charge in [0.15, 0.2) is 5.96 Å². The van der Waals surface area contributed by atoms with Crippen molar-refractivity contribution in [3.63, 3.8) is 0 Å². The number of halogens is 2. The van der Waals surface area contributed by atoms with Crippen LogP contribution in [-0.2, 0) is 5.54 Å². The monoisotopic (exact) mass is 325 g/mol. The van der Waals surface area contributed by atoms with Crippen molar-refractivity contribution in [3.05, 3.63) is 34.1 Å². The molecule has 19 heavy (non-hydrogen) atoms. The van der Waals surface area contributed by atoms with Crippen LogP contribution in [0.4, 0.5) is 4.39 Å². The van der Waals surface area contributed by atoms with Crippen molar-refractivity contribution in [2.75, 3.05) is 13.1 Å². The van der Waals surface area contributed by atoms with Crippen LogP contribution in [0.3, 0.4) is 0 Å². The molecule has 1 atom stereocenters. The number of nitrogens with two attached hydrogens (primary N) is 1. The quantitative estimate of drug-likeness (QED) is 0.928. The molecule has 5 heteroatoms. The average Bonchev–Trinajstić information content (AvgIpc) is 3.15. The first kappa shape index (κ1) is 12.9. The molecule has 0 saturated heterocycles. The first-order chi connectivity index (χ1) is 9.00. The van der Waals surface area contributed by atoms with Crippen molar-refractivity contribution < 1.29 is 4.39 Å². The molecule has 3 nitrogen and oxygen atoms in total. The summed E-state index contributed by atoms with van der Waals surface area (Å²) in [6, 6.07) is 5.16. The molecule has 1 fully saturated rings. The molecule has 0 aromatic heterocycles. The lowest BCUT2D eigenvalue weighted by atomic mass is 9.91. The number of nitrogens with zero attached hydrogens (tertiary/aromatic N) is 2. The number of guanidine groups is 1. The average molecular weight is 326 g/mol. The minimum absolute atomic E-state index is 0.243. The zero-order valence-corrected chi connectivity index (χ0v) is 12.5. The van der Waals surface area contributed by atoms with E-state index in [-0.39, 0.29) is 11.4 Å². The lowest BCUT2D eigenvalue weighted by Gasteiger charge is -2.37. The SMILES string of the molecule is CC1(c2ccc(F)c(Br)c2)CN=C(N)N1CC1CC1. The Balaban J connectivity index is 1.93. The van der Waals surface area contributed by atoms with Gasteiger partial charge in [-0.2, -0.15) is 0 Å². The Labute approximate surface area is 120 Å². The summed E-state index contributed by atoms with van der Waals surface area (Å²) in [5, 5.41) is 0. The van der Waals surface area contributed by atoms with Crippen LogP contribution in [0, 0.1) is 11.7 Å². The maximum atomic E-state index is 13.4. The fourth-order valence-electron chi connectivity index (χ4n) is 2.59. The van der Waals surface area contributed by atoms with Crippen molar-refractivity contribution in [2.24, 2.45) is 16.6 Å². The Kier molecular flexibility index (Phi) is 3.04. The highest BCUT2D eigenvalue weighted by atomic mass is 79.9. The Morgan fingerprint density at radius 3 is 2.89 bits per heavy atom. The largest absolute Gasteiger partial charge is 0.370 e. The molecule has 1 saturated carbocycles. The minimum atomic E-state index is -0.261. The van der Waals surface area contributed by atoms with Crippen LogP contribution < -0.4 is 5.73 Å². The molecule has 1 aliphatic heterocycles. The molecule has 1 heterocycles. The van der Waals surface area contributed by atoms with E-state index in [1.165, 1.54) is 18.9 Å². The molecule has 3 rings (SSSR count). The molecule has 1 aliphatic carbocycles. The third kappa shape index (κ3) is 2.24. The molecule has 1 aromatic carbocycles. The summed E-state index contributed by atoms with van der Waals surface area (Å²) >= 11 is 3.25. The number of aliphatic imine (C=N–C) groups is 1. The normalized spacial score (nSPS) is 26.7. The third-order valence-electron chi connectivity index (χ3n) is 4.10. The van der Waals surface area contributed by atoms with E-state index in [1.807, 2.05) is 12.1 Å². The van der Waals surface area contributed by atoms with Gasteiger partial charge in [-0.3, -0.25) is 4.99 Å². The Bertz CT molecular complexity index is 541. The van der Waals surface area contributed by atoms with Gasteiger partial charge in [-0.1, -0.05) is 6.07 Å². The van der Waals surface area contributed by atoms with Gasteiger partial charge >= 0.3 is 0 Å². The van der Waals surface area contributed by atoms with E-state index in [1.54, 1.807) is 0 Å². The van der Waals surface area contributed by atoms with Crippen LogP contribution in [0.1, 0.15) is 25.3 Å². The smallest absolute Gasteiger partial charge is 0.192 e. The number of benzene rings is 1. The van der Waals surface area contributed by atoms with Crippen LogP contribution in [-0.4, -0.2) is 23.9 Å². The molecule has 0 radical (unpaired) electrons. The van der Waals surface area contributed by atoms with Crippen LogP contribution in [0.25, 0.3) is 0 Å². The van der Waals surface area contributed by atoms with Crippen molar-refractivity contribution in [2.45, 2.75) is 25.3 Å². The van der Waals surface area contributed by atoms with Crippen LogP contribution in [0.5, 0.6) is 0 Å². The predicted molar refractivity (Wildman–Crippen MR) is 77.4 cm³/mol. The van der Waals surface area contributed by atoms with Gasteiger partial charge in [0.25, 0.3) is 0 Å². The standard InChI is InChI=1S/C14H17BrFN3/c1-14(10-4-5-12(16)11(15)6-10)8-18-13(17)19(14)7-9-2-3-9/h4-6,9H,2-3,7-8H2,1H3,(H2,17,18). The molecular formula is C14H17BrFN3. The van der Waals surface area contributed by atoms with E-state index in [2.05, 4.69) is 32.7 Å². The summed E-state index contributed by atoms with van der Waals surface area (Å²) in [5.74, 6) is 1.10. The van der Waals surface area contributed by atoms with Gasteiger partial charge in [0.1, 0.15) is 5.82 Å². The Hall–Kier alpha value is -1.10. The molecule has 2 aliphatic rings. The lowest BCUT2D eigenvalue weighted by Crippen LogP contribution is -2.48. The second-order valence-electron chi connectivity index (χ2n) is 5.63. The number of hydrogen-bond donors (Lipinski definition) is 1. The molecular weight excluding hydrogens is 309 g/mol. The van der Waals surface area contributed by atoms with Crippen molar-refractivity contribution in [3.8, 4) is 0 Å². The lowest BCUT2D eigenvalue weighted by molar-refractivity contribution is 0.217. The topological polar surface area (TPSA) is 41.6 Å². The number of rotatable bonds is 3. The zero-order chi connectivity index (χ0) is 13.6. The van der Waals surface area contributed by atoms with Crippen molar-refractivity contribution >= 4 is 21.9 Å². The van der Waals surface area contributed by atoms with Gasteiger partial charge in [-0.15, -0.1) is 0 Å². The van der Waals surface area contributed by atoms with Crippen LogP contribution >= 0.6 is 15.9 Å². The summed E-state index contributed by atoms with van der Waals surface area (Å²) in [5.41, 5.74) is 6.81. The molecule has 2 N–H and O–H groups in total. The van der Waals surface area contributed by atoms with E-state index in [4.69, 9.17) is 5.73 Å². The highest BCUT2D eigenvalue weighted by molar-refractivity contribution is 9.10. The van der Waals surface area contributed by atoms with Gasteiger partial charge in [-0.05, 0) is 59.3 Å². The fourth-order valence-corrected chi connectivity index (χ4v) is 2.97. The minimum Gasteiger partial charge on any atom is -0.370 e. The molecule has 1 aromatic rings. The molecule has 102 valence electrons. The highest BCUT2D eigenvalue weighted by Gasteiger charge is 2.42. The maximum Gasteiger partial charge on any atom is 0.192 e. The van der Waals surface area contributed by atoms with E-state index in [0.717, 1.165) is 18.0 Å². The zero-order valence-electron chi connectivity index (χ0n) is 10.9. The van der Waals surface area contributed by atoms with Gasteiger partial charge in [0.05, 0.1) is 16.6 Å². The van der Waals surface area contributed by atoms with Crippen LogP contribution in [0.2, 0.25) is 0 Å². The highest BCUT2D eigenvalue weighted by Crippen LogP contribution is 2.38. The third-order valence-corrected chi connectivity index (χ3v) is 4.71. The second kappa shape index (κ2) is 4.47. The van der Waals surface area contributed by atoms with Gasteiger partial charge < -0.3 is 10.6 Å². The van der Waals surface area contributed by atoms with Crippen molar-refractivity contribution in [1.29, 1.82) is 0 Å². The Morgan fingerprint density at radius 2 is 2.26 bits per heavy atom. The first-order valence-corrected chi connectivity index (χ1v) is 7.33. The summed E-state index contributed by atoms with van der Waals surface area (Å²) in [7, 11) is 0. The van der Waals surface area contributed by atoms with E-state index >= 15 is 0 Å².